The minimum atomic E-state index is -5.24. The molecule has 86 valence electrons. The van der Waals surface area contributed by atoms with Crippen LogP contribution in [0, 0.1) is 11.3 Å². The van der Waals surface area contributed by atoms with Gasteiger partial charge in [-0.15, -0.1) is 0 Å². The van der Waals surface area contributed by atoms with E-state index >= 15 is 0 Å². The van der Waals surface area contributed by atoms with Gasteiger partial charge in [0.2, 0.25) is 0 Å². The number of alkyl halides is 6. The molecule has 0 aliphatic heterocycles. The molecule has 0 fully saturated rings. The van der Waals surface area contributed by atoms with Crippen LogP contribution in [0.15, 0.2) is 0 Å². The normalized spacial score (nSPS) is 15.0. The van der Waals surface area contributed by atoms with Crippen molar-refractivity contribution in [3.63, 3.8) is 0 Å². The van der Waals surface area contributed by atoms with Crippen molar-refractivity contribution >= 4 is 0 Å². The first kappa shape index (κ1) is 13.6. The first-order valence-electron chi connectivity index (χ1n) is 4.06. The van der Waals surface area contributed by atoms with Gasteiger partial charge in [0.15, 0.2) is 5.92 Å². The Kier molecular flexibility index (Phi) is 3.51. The molecule has 0 bridgehead atoms. The zero-order chi connectivity index (χ0) is 11.8. The molecule has 0 aromatic rings. The standard InChI is InChI=1S/C8H12F6/c1-4-6(2,3)5(7(9,10)11)8(12,13)14/h5H,4H2,1-3H3. The zero-order valence-electron chi connectivity index (χ0n) is 8.05. The van der Waals surface area contributed by atoms with E-state index in [-0.39, 0.29) is 6.42 Å². The Labute approximate surface area is 78.3 Å². The first-order valence-corrected chi connectivity index (χ1v) is 4.06. The van der Waals surface area contributed by atoms with Gasteiger partial charge in [-0.1, -0.05) is 27.2 Å². The van der Waals surface area contributed by atoms with E-state index in [1.54, 1.807) is 0 Å². The third kappa shape index (κ3) is 3.06. The van der Waals surface area contributed by atoms with E-state index in [4.69, 9.17) is 0 Å². The number of halogens is 6. The highest BCUT2D eigenvalue weighted by atomic mass is 19.4. The van der Waals surface area contributed by atoms with Crippen molar-refractivity contribution < 1.29 is 26.3 Å². The molecule has 0 aliphatic rings. The van der Waals surface area contributed by atoms with Gasteiger partial charge in [0.25, 0.3) is 0 Å². The maximum atomic E-state index is 12.2. The predicted octanol–water partition coefficient (Wildman–Crippen LogP) is 4.16. The van der Waals surface area contributed by atoms with Gasteiger partial charge in [-0.25, -0.2) is 0 Å². The van der Waals surface area contributed by atoms with Crippen molar-refractivity contribution in [1.29, 1.82) is 0 Å². The van der Waals surface area contributed by atoms with Crippen molar-refractivity contribution in [3.05, 3.63) is 0 Å². The second-order valence-electron chi connectivity index (χ2n) is 3.86. The van der Waals surface area contributed by atoms with Gasteiger partial charge in [-0.2, -0.15) is 26.3 Å². The molecule has 0 aromatic heterocycles. The summed E-state index contributed by atoms with van der Waals surface area (Å²) in [6, 6.07) is 0. The fourth-order valence-electron chi connectivity index (χ4n) is 1.28. The Balaban J connectivity index is 5.14. The van der Waals surface area contributed by atoms with Gasteiger partial charge in [-0.05, 0) is 5.41 Å². The molecular formula is C8H12F6. The second kappa shape index (κ2) is 3.62. The van der Waals surface area contributed by atoms with Crippen LogP contribution in [0.4, 0.5) is 26.3 Å². The molecule has 6 heteroatoms. The smallest absolute Gasteiger partial charge is 0.170 e. The summed E-state index contributed by atoms with van der Waals surface area (Å²) in [6.45, 7) is 3.25. The molecule has 0 saturated carbocycles. The summed E-state index contributed by atoms with van der Waals surface area (Å²) in [5.74, 6) is -3.26. The number of hydrogen-bond donors (Lipinski definition) is 0. The molecule has 0 heterocycles. The van der Waals surface area contributed by atoms with Crippen LogP contribution in [0.1, 0.15) is 27.2 Å². The molecular weight excluding hydrogens is 210 g/mol. The van der Waals surface area contributed by atoms with Gasteiger partial charge < -0.3 is 0 Å². The van der Waals surface area contributed by atoms with Gasteiger partial charge in [0.05, 0.1) is 0 Å². The van der Waals surface area contributed by atoms with Crippen LogP contribution in [0.5, 0.6) is 0 Å². The predicted molar refractivity (Wildman–Crippen MR) is 39.7 cm³/mol. The lowest BCUT2D eigenvalue weighted by Gasteiger charge is -2.35. The third-order valence-electron chi connectivity index (χ3n) is 2.35. The number of hydrogen-bond acceptors (Lipinski definition) is 0. The largest absolute Gasteiger partial charge is 0.400 e. The Morgan fingerprint density at radius 1 is 0.857 bits per heavy atom. The lowest BCUT2D eigenvalue weighted by Crippen LogP contribution is -2.46. The summed E-state index contributed by atoms with van der Waals surface area (Å²) in [4.78, 5) is 0. The van der Waals surface area contributed by atoms with E-state index in [1.165, 1.54) is 6.92 Å². The summed E-state index contributed by atoms with van der Waals surface area (Å²) in [6.07, 6.45) is -10.7. The van der Waals surface area contributed by atoms with E-state index in [0.717, 1.165) is 13.8 Å². The highest BCUT2D eigenvalue weighted by Crippen LogP contribution is 2.50. The molecule has 0 radical (unpaired) electrons. The minimum Gasteiger partial charge on any atom is -0.170 e. The molecule has 0 amide bonds. The molecule has 0 unspecified atom stereocenters. The summed E-state index contributed by atoms with van der Waals surface area (Å²) in [5, 5.41) is 0. The average Bonchev–Trinajstić information content (AvgIpc) is 1.79. The quantitative estimate of drug-likeness (QED) is 0.615. The van der Waals surface area contributed by atoms with Crippen LogP contribution >= 0.6 is 0 Å². The Morgan fingerprint density at radius 2 is 1.14 bits per heavy atom. The topological polar surface area (TPSA) is 0 Å². The summed E-state index contributed by atoms with van der Waals surface area (Å²) >= 11 is 0. The highest BCUT2D eigenvalue weighted by Gasteiger charge is 2.62. The molecule has 0 saturated heterocycles. The third-order valence-corrected chi connectivity index (χ3v) is 2.35. The van der Waals surface area contributed by atoms with Crippen molar-refractivity contribution in [2.24, 2.45) is 11.3 Å². The maximum Gasteiger partial charge on any atom is 0.400 e. The average molecular weight is 222 g/mol. The van der Waals surface area contributed by atoms with Gasteiger partial charge in [0, 0.05) is 0 Å². The van der Waals surface area contributed by atoms with Gasteiger partial charge in [0.1, 0.15) is 0 Å². The second-order valence-corrected chi connectivity index (χ2v) is 3.86. The lowest BCUT2D eigenvalue weighted by molar-refractivity contribution is -0.312. The van der Waals surface area contributed by atoms with E-state index in [2.05, 4.69) is 0 Å². The maximum absolute atomic E-state index is 12.2. The van der Waals surface area contributed by atoms with Gasteiger partial charge in [-0.3, -0.25) is 0 Å². The molecule has 14 heavy (non-hydrogen) atoms. The van der Waals surface area contributed by atoms with Crippen LogP contribution in [0.3, 0.4) is 0 Å². The van der Waals surface area contributed by atoms with Crippen LogP contribution in [-0.2, 0) is 0 Å². The molecule has 0 aromatic carbocycles. The van der Waals surface area contributed by atoms with Crippen LogP contribution in [-0.4, -0.2) is 12.4 Å². The Hall–Kier alpha value is -0.420. The van der Waals surface area contributed by atoms with E-state index in [1.807, 2.05) is 0 Å². The Bertz CT molecular complexity index is 173. The summed E-state index contributed by atoms with van der Waals surface area (Å²) < 4.78 is 73.1. The first-order chi connectivity index (χ1) is 5.93. The van der Waals surface area contributed by atoms with E-state index in [0.29, 0.717) is 0 Å². The van der Waals surface area contributed by atoms with Crippen molar-refractivity contribution in [2.45, 2.75) is 39.5 Å². The van der Waals surface area contributed by atoms with Gasteiger partial charge >= 0.3 is 12.4 Å². The van der Waals surface area contributed by atoms with E-state index < -0.39 is 23.7 Å². The van der Waals surface area contributed by atoms with Crippen molar-refractivity contribution in [1.82, 2.24) is 0 Å². The fraction of sp³-hybridized carbons (Fsp3) is 1.00. The summed E-state index contributed by atoms with van der Waals surface area (Å²) in [7, 11) is 0. The molecule has 0 rings (SSSR count). The molecule has 0 aliphatic carbocycles. The fourth-order valence-corrected chi connectivity index (χ4v) is 1.28. The van der Waals surface area contributed by atoms with Crippen LogP contribution in [0.2, 0.25) is 0 Å². The summed E-state index contributed by atoms with van der Waals surface area (Å²) in [5.41, 5.74) is -1.82. The molecule has 0 nitrogen and oxygen atoms in total. The minimum absolute atomic E-state index is 0.184. The van der Waals surface area contributed by atoms with Crippen molar-refractivity contribution in [2.75, 3.05) is 0 Å². The van der Waals surface area contributed by atoms with E-state index in [9.17, 15) is 26.3 Å². The van der Waals surface area contributed by atoms with Crippen molar-refractivity contribution in [3.8, 4) is 0 Å². The molecule has 0 N–H and O–H groups in total. The monoisotopic (exact) mass is 222 g/mol. The highest BCUT2D eigenvalue weighted by molar-refractivity contribution is 4.87. The Morgan fingerprint density at radius 3 is 1.21 bits per heavy atom. The SMILES string of the molecule is CCC(C)(C)C(C(F)(F)F)C(F)(F)F. The lowest BCUT2D eigenvalue weighted by atomic mass is 9.76. The number of rotatable bonds is 2. The van der Waals surface area contributed by atoms with Crippen LogP contribution in [0.25, 0.3) is 0 Å². The van der Waals surface area contributed by atoms with Crippen LogP contribution < -0.4 is 0 Å². The molecule has 0 spiro atoms. The molecule has 0 atom stereocenters. The zero-order valence-corrected chi connectivity index (χ0v) is 8.05.